The lowest BCUT2D eigenvalue weighted by atomic mass is 9.97. The SMILES string of the molecule is CCCCOc1ccc(NC(=O)C(C)(CCCC)OCC)c(C#N)c1. The van der Waals surface area contributed by atoms with Crippen molar-refractivity contribution in [2.75, 3.05) is 18.5 Å². The zero-order valence-electron chi connectivity index (χ0n) is 15.9. The number of unbranched alkanes of at least 4 members (excludes halogenated alkanes) is 2. The van der Waals surface area contributed by atoms with Crippen molar-refractivity contribution in [3.63, 3.8) is 0 Å². The van der Waals surface area contributed by atoms with E-state index in [9.17, 15) is 10.1 Å². The molecule has 0 fully saturated rings. The van der Waals surface area contributed by atoms with Crippen LogP contribution in [-0.4, -0.2) is 24.7 Å². The van der Waals surface area contributed by atoms with Gasteiger partial charge in [0.1, 0.15) is 17.4 Å². The fourth-order valence-electron chi connectivity index (χ4n) is 2.49. The van der Waals surface area contributed by atoms with Gasteiger partial charge in [-0.25, -0.2) is 0 Å². The summed E-state index contributed by atoms with van der Waals surface area (Å²) < 4.78 is 11.3. The molecule has 0 aliphatic rings. The van der Waals surface area contributed by atoms with Crippen LogP contribution in [0.2, 0.25) is 0 Å². The Kier molecular flexibility index (Phi) is 9.01. The minimum absolute atomic E-state index is 0.223. The number of carbonyl (C=O) groups excluding carboxylic acids is 1. The van der Waals surface area contributed by atoms with E-state index in [0.29, 0.717) is 36.6 Å². The number of ether oxygens (including phenoxy) is 2. The second-order valence-electron chi connectivity index (χ2n) is 6.24. The third kappa shape index (κ3) is 6.39. The molecule has 1 aromatic carbocycles. The fourth-order valence-corrected chi connectivity index (χ4v) is 2.49. The Morgan fingerprint density at radius 1 is 1.24 bits per heavy atom. The number of amides is 1. The number of anilines is 1. The summed E-state index contributed by atoms with van der Waals surface area (Å²) in [4.78, 5) is 12.7. The molecule has 0 spiro atoms. The van der Waals surface area contributed by atoms with E-state index in [4.69, 9.17) is 9.47 Å². The number of hydrogen-bond acceptors (Lipinski definition) is 4. The first-order valence-corrected chi connectivity index (χ1v) is 9.13. The van der Waals surface area contributed by atoms with E-state index in [2.05, 4.69) is 25.2 Å². The predicted molar refractivity (Wildman–Crippen MR) is 99.7 cm³/mol. The molecule has 1 unspecified atom stereocenters. The van der Waals surface area contributed by atoms with Gasteiger partial charge in [-0.2, -0.15) is 5.26 Å². The molecule has 1 rings (SSSR count). The van der Waals surface area contributed by atoms with Gasteiger partial charge in [0, 0.05) is 6.61 Å². The highest BCUT2D eigenvalue weighted by atomic mass is 16.5. The van der Waals surface area contributed by atoms with Crippen molar-refractivity contribution in [3.8, 4) is 11.8 Å². The standard InChI is InChI=1S/C20H30N2O3/c1-5-8-12-20(4,25-7-3)19(23)22-18-11-10-17(14-16(18)15-21)24-13-9-6-2/h10-11,14H,5-9,12-13H2,1-4H3,(H,22,23). The van der Waals surface area contributed by atoms with Crippen LogP contribution in [-0.2, 0) is 9.53 Å². The van der Waals surface area contributed by atoms with E-state index >= 15 is 0 Å². The van der Waals surface area contributed by atoms with E-state index < -0.39 is 5.60 Å². The molecule has 25 heavy (non-hydrogen) atoms. The molecule has 0 heterocycles. The molecule has 5 nitrogen and oxygen atoms in total. The second kappa shape index (κ2) is 10.7. The van der Waals surface area contributed by atoms with Gasteiger partial charge in [0.15, 0.2) is 0 Å². The highest BCUT2D eigenvalue weighted by Crippen LogP contribution is 2.25. The summed E-state index contributed by atoms with van der Waals surface area (Å²) >= 11 is 0. The Labute approximate surface area is 151 Å². The third-order valence-electron chi connectivity index (χ3n) is 4.08. The van der Waals surface area contributed by atoms with Crippen molar-refractivity contribution >= 4 is 11.6 Å². The zero-order chi connectivity index (χ0) is 18.7. The molecule has 1 amide bonds. The van der Waals surface area contributed by atoms with E-state index in [1.54, 1.807) is 25.1 Å². The molecule has 0 aliphatic heterocycles. The minimum Gasteiger partial charge on any atom is -0.494 e. The third-order valence-corrected chi connectivity index (χ3v) is 4.08. The topological polar surface area (TPSA) is 71.3 Å². The number of nitrogens with one attached hydrogen (secondary N) is 1. The van der Waals surface area contributed by atoms with Crippen molar-refractivity contribution in [2.45, 2.75) is 65.4 Å². The molecular formula is C20H30N2O3. The summed E-state index contributed by atoms with van der Waals surface area (Å²) in [5.74, 6) is 0.417. The molecule has 0 aromatic heterocycles. The number of carbonyl (C=O) groups is 1. The maximum absolute atomic E-state index is 12.7. The fraction of sp³-hybridized carbons (Fsp3) is 0.600. The molecule has 0 radical (unpaired) electrons. The Bertz CT molecular complexity index is 595. The molecular weight excluding hydrogens is 316 g/mol. The van der Waals surface area contributed by atoms with E-state index in [1.165, 1.54) is 0 Å². The zero-order valence-corrected chi connectivity index (χ0v) is 15.9. The van der Waals surface area contributed by atoms with Crippen LogP contribution < -0.4 is 10.1 Å². The van der Waals surface area contributed by atoms with Crippen molar-refractivity contribution in [1.82, 2.24) is 0 Å². The van der Waals surface area contributed by atoms with Crippen molar-refractivity contribution in [2.24, 2.45) is 0 Å². The minimum atomic E-state index is -0.895. The summed E-state index contributed by atoms with van der Waals surface area (Å²) in [7, 11) is 0. The molecule has 0 bridgehead atoms. The van der Waals surface area contributed by atoms with Crippen LogP contribution in [0.1, 0.15) is 65.4 Å². The largest absolute Gasteiger partial charge is 0.494 e. The van der Waals surface area contributed by atoms with Gasteiger partial charge in [-0.15, -0.1) is 0 Å². The smallest absolute Gasteiger partial charge is 0.256 e. The van der Waals surface area contributed by atoms with Gasteiger partial charge in [-0.1, -0.05) is 33.1 Å². The van der Waals surface area contributed by atoms with Crippen LogP contribution in [0.15, 0.2) is 18.2 Å². The second-order valence-corrected chi connectivity index (χ2v) is 6.24. The van der Waals surface area contributed by atoms with Gasteiger partial charge >= 0.3 is 0 Å². The monoisotopic (exact) mass is 346 g/mol. The van der Waals surface area contributed by atoms with Crippen molar-refractivity contribution < 1.29 is 14.3 Å². The van der Waals surface area contributed by atoms with Gasteiger partial charge in [0.05, 0.1) is 17.9 Å². The van der Waals surface area contributed by atoms with Crippen LogP contribution in [0.3, 0.4) is 0 Å². The number of hydrogen-bond donors (Lipinski definition) is 1. The van der Waals surface area contributed by atoms with Crippen LogP contribution in [0.5, 0.6) is 5.75 Å². The lowest BCUT2D eigenvalue weighted by Gasteiger charge is -2.28. The average molecular weight is 346 g/mol. The summed E-state index contributed by atoms with van der Waals surface area (Å²) in [5.41, 5.74) is -0.0252. The van der Waals surface area contributed by atoms with Crippen LogP contribution in [0.4, 0.5) is 5.69 Å². The van der Waals surface area contributed by atoms with Crippen LogP contribution in [0, 0.1) is 11.3 Å². The number of nitrogens with zero attached hydrogens (tertiary/aromatic N) is 1. The van der Waals surface area contributed by atoms with Crippen molar-refractivity contribution in [3.05, 3.63) is 23.8 Å². The average Bonchev–Trinajstić information content (AvgIpc) is 2.61. The lowest BCUT2D eigenvalue weighted by Crippen LogP contribution is -2.43. The first kappa shape index (κ1) is 21.0. The van der Waals surface area contributed by atoms with Gasteiger partial charge < -0.3 is 14.8 Å². The first-order valence-electron chi connectivity index (χ1n) is 9.13. The Balaban J connectivity index is 2.89. The number of nitriles is 1. The summed E-state index contributed by atoms with van der Waals surface area (Å²) in [6.45, 7) is 8.93. The van der Waals surface area contributed by atoms with E-state index in [-0.39, 0.29) is 5.91 Å². The Morgan fingerprint density at radius 3 is 2.56 bits per heavy atom. The summed E-state index contributed by atoms with van der Waals surface area (Å²) in [6, 6.07) is 7.27. The maximum Gasteiger partial charge on any atom is 0.256 e. The van der Waals surface area contributed by atoms with E-state index in [1.807, 2.05) is 6.92 Å². The van der Waals surface area contributed by atoms with Crippen LogP contribution in [0.25, 0.3) is 0 Å². The van der Waals surface area contributed by atoms with Crippen LogP contribution >= 0.6 is 0 Å². The quantitative estimate of drug-likeness (QED) is 0.591. The highest BCUT2D eigenvalue weighted by Gasteiger charge is 2.33. The van der Waals surface area contributed by atoms with Gasteiger partial charge in [0.2, 0.25) is 0 Å². The molecule has 0 saturated carbocycles. The normalized spacial score (nSPS) is 12.9. The van der Waals surface area contributed by atoms with Crippen molar-refractivity contribution in [1.29, 1.82) is 5.26 Å². The maximum atomic E-state index is 12.7. The van der Waals surface area contributed by atoms with Gasteiger partial charge in [-0.05, 0) is 44.9 Å². The first-order chi connectivity index (χ1) is 12.0. The molecule has 5 heteroatoms. The molecule has 1 aromatic rings. The molecule has 0 saturated heterocycles. The Hall–Kier alpha value is -2.06. The summed E-state index contributed by atoms with van der Waals surface area (Å²) in [6.07, 6.45) is 4.54. The number of rotatable bonds is 11. The lowest BCUT2D eigenvalue weighted by molar-refractivity contribution is -0.139. The number of benzene rings is 1. The highest BCUT2D eigenvalue weighted by molar-refractivity contribution is 5.98. The van der Waals surface area contributed by atoms with Gasteiger partial charge in [0.25, 0.3) is 5.91 Å². The summed E-state index contributed by atoms with van der Waals surface area (Å²) in [5, 5.41) is 12.2. The Morgan fingerprint density at radius 2 is 1.96 bits per heavy atom. The predicted octanol–water partition coefficient (Wildman–Crippen LogP) is 4.66. The van der Waals surface area contributed by atoms with E-state index in [0.717, 1.165) is 25.7 Å². The molecule has 1 N–H and O–H groups in total. The molecule has 138 valence electrons. The van der Waals surface area contributed by atoms with Gasteiger partial charge in [-0.3, -0.25) is 4.79 Å². The molecule has 1 atom stereocenters. The molecule has 0 aliphatic carbocycles.